The standard InChI is InChI=1S/C13H13FN2O3/c14-8-1-3-11-10(7-8)16(5-6-19-11)13(18)9-2-4-12(17)15-9/h1,3,7,9H,2,4-6H2,(H,15,17). The van der Waals surface area contributed by atoms with E-state index < -0.39 is 11.9 Å². The van der Waals surface area contributed by atoms with Crippen LogP contribution >= 0.6 is 0 Å². The summed E-state index contributed by atoms with van der Waals surface area (Å²) in [6, 6.07) is 3.58. The van der Waals surface area contributed by atoms with Gasteiger partial charge in [0.05, 0.1) is 12.2 Å². The maximum Gasteiger partial charge on any atom is 0.249 e. The van der Waals surface area contributed by atoms with E-state index >= 15 is 0 Å². The normalized spacial score (nSPS) is 21.6. The maximum absolute atomic E-state index is 13.3. The van der Waals surface area contributed by atoms with E-state index in [9.17, 15) is 14.0 Å². The predicted octanol–water partition coefficient (Wildman–Crippen LogP) is 0.830. The molecule has 3 rings (SSSR count). The Balaban J connectivity index is 1.88. The third kappa shape index (κ3) is 2.14. The van der Waals surface area contributed by atoms with Crippen molar-refractivity contribution >= 4 is 17.5 Å². The number of hydrogen-bond acceptors (Lipinski definition) is 3. The maximum atomic E-state index is 13.3. The first-order chi connectivity index (χ1) is 9.15. The minimum absolute atomic E-state index is 0.119. The molecule has 1 atom stereocenters. The van der Waals surface area contributed by atoms with Crippen molar-refractivity contribution in [2.45, 2.75) is 18.9 Å². The molecular weight excluding hydrogens is 251 g/mol. The highest BCUT2D eigenvalue weighted by Crippen LogP contribution is 2.33. The van der Waals surface area contributed by atoms with Crippen molar-refractivity contribution in [2.75, 3.05) is 18.1 Å². The van der Waals surface area contributed by atoms with Crippen LogP contribution in [0.5, 0.6) is 5.75 Å². The summed E-state index contributed by atoms with van der Waals surface area (Å²) >= 11 is 0. The Hall–Kier alpha value is -2.11. The summed E-state index contributed by atoms with van der Waals surface area (Å²) in [7, 11) is 0. The lowest BCUT2D eigenvalue weighted by atomic mass is 10.1. The van der Waals surface area contributed by atoms with Gasteiger partial charge in [0.2, 0.25) is 11.8 Å². The Labute approximate surface area is 109 Å². The van der Waals surface area contributed by atoms with E-state index in [0.717, 1.165) is 0 Å². The number of hydrogen-bond donors (Lipinski definition) is 1. The van der Waals surface area contributed by atoms with Gasteiger partial charge in [-0.15, -0.1) is 0 Å². The van der Waals surface area contributed by atoms with Crippen molar-refractivity contribution in [2.24, 2.45) is 0 Å². The fraction of sp³-hybridized carbons (Fsp3) is 0.385. The number of halogens is 1. The fourth-order valence-corrected chi connectivity index (χ4v) is 2.41. The molecule has 0 saturated carbocycles. The number of anilines is 1. The molecule has 2 heterocycles. The third-order valence-corrected chi connectivity index (χ3v) is 3.34. The lowest BCUT2D eigenvalue weighted by molar-refractivity contribution is -0.124. The molecule has 0 bridgehead atoms. The van der Waals surface area contributed by atoms with Crippen LogP contribution in [-0.4, -0.2) is 31.0 Å². The molecule has 5 nitrogen and oxygen atoms in total. The topological polar surface area (TPSA) is 58.6 Å². The lowest BCUT2D eigenvalue weighted by Crippen LogP contribution is -2.47. The number of nitrogens with zero attached hydrogens (tertiary/aromatic N) is 1. The second kappa shape index (κ2) is 4.53. The average molecular weight is 264 g/mol. The molecule has 0 radical (unpaired) electrons. The van der Waals surface area contributed by atoms with Crippen LogP contribution in [0.25, 0.3) is 0 Å². The number of carbonyl (C=O) groups is 2. The molecule has 1 fully saturated rings. The van der Waals surface area contributed by atoms with Crippen LogP contribution < -0.4 is 15.0 Å². The van der Waals surface area contributed by atoms with Gasteiger partial charge in [-0.3, -0.25) is 9.59 Å². The van der Waals surface area contributed by atoms with Crippen LogP contribution in [0, 0.1) is 5.82 Å². The molecule has 6 heteroatoms. The van der Waals surface area contributed by atoms with Gasteiger partial charge in [-0.1, -0.05) is 0 Å². The van der Waals surface area contributed by atoms with Crippen LogP contribution in [0.2, 0.25) is 0 Å². The summed E-state index contributed by atoms with van der Waals surface area (Å²) < 4.78 is 18.7. The molecule has 1 unspecified atom stereocenters. The predicted molar refractivity (Wildman–Crippen MR) is 65.4 cm³/mol. The Bertz CT molecular complexity index is 547. The zero-order valence-electron chi connectivity index (χ0n) is 10.2. The molecule has 2 aliphatic rings. The van der Waals surface area contributed by atoms with Crippen LogP contribution in [0.1, 0.15) is 12.8 Å². The summed E-state index contributed by atoms with van der Waals surface area (Å²) in [5, 5.41) is 2.63. The molecular formula is C13H13FN2O3. The minimum Gasteiger partial charge on any atom is -0.490 e. The molecule has 19 heavy (non-hydrogen) atoms. The first-order valence-electron chi connectivity index (χ1n) is 6.18. The van der Waals surface area contributed by atoms with Gasteiger partial charge in [0.25, 0.3) is 0 Å². The highest BCUT2D eigenvalue weighted by molar-refractivity contribution is 6.01. The van der Waals surface area contributed by atoms with E-state index in [1.54, 1.807) is 0 Å². The quantitative estimate of drug-likeness (QED) is 0.817. The van der Waals surface area contributed by atoms with Gasteiger partial charge < -0.3 is 15.0 Å². The molecule has 1 saturated heterocycles. The Morgan fingerprint density at radius 2 is 2.32 bits per heavy atom. The number of benzene rings is 1. The van der Waals surface area contributed by atoms with Crippen LogP contribution in [-0.2, 0) is 9.59 Å². The van der Waals surface area contributed by atoms with Crippen molar-refractivity contribution in [1.29, 1.82) is 0 Å². The summed E-state index contributed by atoms with van der Waals surface area (Å²) in [4.78, 5) is 25.0. The Morgan fingerprint density at radius 1 is 1.47 bits per heavy atom. The number of rotatable bonds is 1. The molecule has 100 valence electrons. The van der Waals surface area contributed by atoms with Gasteiger partial charge in [-0.25, -0.2) is 4.39 Å². The monoisotopic (exact) mass is 264 g/mol. The lowest BCUT2D eigenvalue weighted by Gasteiger charge is -2.31. The largest absolute Gasteiger partial charge is 0.490 e. The molecule has 1 aromatic rings. The molecule has 0 aromatic heterocycles. The number of carbonyl (C=O) groups excluding carboxylic acids is 2. The molecule has 0 aliphatic carbocycles. The van der Waals surface area contributed by atoms with Gasteiger partial charge in [-0.2, -0.15) is 0 Å². The summed E-state index contributed by atoms with van der Waals surface area (Å²) in [6.45, 7) is 0.729. The number of ether oxygens (including phenoxy) is 1. The minimum atomic E-state index is -0.512. The van der Waals surface area contributed by atoms with Gasteiger partial charge >= 0.3 is 0 Å². The van der Waals surface area contributed by atoms with Crippen molar-refractivity contribution < 1.29 is 18.7 Å². The zero-order valence-corrected chi connectivity index (χ0v) is 10.2. The summed E-state index contributed by atoms with van der Waals surface area (Å²) in [5.74, 6) is -0.255. The number of fused-ring (bicyclic) bond motifs is 1. The van der Waals surface area contributed by atoms with Crippen LogP contribution in [0.3, 0.4) is 0 Å². The SMILES string of the molecule is O=C1CCC(C(=O)N2CCOc3ccc(F)cc32)N1. The number of nitrogens with one attached hydrogen (secondary N) is 1. The third-order valence-electron chi connectivity index (χ3n) is 3.34. The van der Waals surface area contributed by atoms with E-state index in [0.29, 0.717) is 37.4 Å². The van der Waals surface area contributed by atoms with Gasteiger partial charge in [0.15, 0.2) is 0 Å². The first-order valence-corrected chi connectivity index (χ1v) is 6.18. The molecule has 0 spiro atoms. The van der Waals surface area contributed by atoms with Crippen LogP contribution in [0.4, 0.5) is 10.1 Å². The van der Waals surface area contributed by atoms with Gasteiger partial charge in [-0.05, 0) is 18.6 Å². The van der Waals surface area contributed by atoms with Crippen molar-refractivity contribution in [3.8, 4) is 5.75 Å². The summed E-state index contributed by atoms with van der Waals surface area (Å²) in [6.07, 6.45) is 0.844. The van der Waals surface area contributed by atoms with Crippen molar-refractivity contribution in [3.05, 3.63) is 24.0 Å². The van der Waals surface area contributed by atoms with E-state index in [2.05, 4.69) is 5.32 Å². The van der Waals surface area contributed by atoms with Crippen LogP contribution in [0.15, 0.2) is 18.2 Å². The molecule has 2 aliphatic heterocycles. The number of amides is 2. The Morgan fingerprint density at radius 3 is 3.05 bits per heavy atom. The molecule has 2 amide bonds. The molecule has 1 N–H and O–H groups in total. The molecule has 1 aromatic carbocycles. The van der Waals surface area contributed by atoms with E-state index in [1.807, 2.05) is 0 Å². The van der Waals surface area contributed by atoms with Crippen molar-refractivity contribution in [3.63, 3.8) is 0 Å². The van der Waals surface area contributed by atoms with E-state index in [4.69, 9.17) is 4.74 Å². The van der Waals surface area contributed by atoms with E-state index in [-0.39, 0.29) is 11.8 Å². The van der Waals surface area contributed by atoms with Gasteiger partial charge in [0.1, 0.15) is 24.2 Å². The highest BCUT2D eigenvalue weighted by Gasteiger charge is 2.33. The average Bonchev–Trinajstić information content (AvgIpc) is 2.84. The smallest absolute Gasteiger partial charge is 0.249 e. The zero-order chi connectivity index (χ0) is 13.4. The summed E-state index contributed by atoms with van der Waals surface area (Å²) in [5.41, 5.74) is 0.428. The highest BCUT2D eigenvalue weighted by atomic mass is 19.1. The van der Waals surface area contributed by atoms with Gasteiger partial charge in [0, 0.05) is 12.5 Å². The van der Waals surface area contributed by atoms with Crippen molar-refractivity contribution in [1.82, 2.24) is 5.32 Å². The second-order valence-corrected chi connectivity index (χ2v) is 4.61. The van der Waals surface area contributed by atoms with E-state index in [1.165, 1.54) is 23.1 Å². The second-order valence-electron chi connectivity index (χ2n) is 4.61. The Kier molecular flexibility index (Phi) is 2.85. The first kappa shape index (κ1) is 12.0. The fourth-order valence-electron chi connectivity index (χ4n) is 2.41.